The zero-order chi connectivity index (χ0) is 10.8. The van der Waals surface area contributed by atoms with Crippen LogP contribution in [0.4, 0.5) is 0 Å². The highest BCUT2D eigenvalue weighted by Crippen LogP contribution is 2.20. The summed E-state index contributed by atoms with van der Waals surface area (Å²) in [5.74, 6) is 0. The van der Waals surface area contributed by atoms with Crippen LogP contribution in [0.3, 0.4) is 0 Å². The minimum absolute atomic E-state index is 0.248. The Balaban J connectivity index is 2.88. The third-order valence-electron chi connectivity index (χ3n) is 2.55. The van der Waals surface area contributed by atoms with E-state index in [9.17, 15) is 4.79 Å². The molecule has 1 heteroatoms. The summed E-state index contributed by atoms with van der Waals surface area (Å²) in [6.07, 6.45) is 1.85. The lowest BCUT2D eigenvalue weighted by Crippen LogP contribution is -2.16. The molecular formula is C13H18O. The molecule has 14 heavy (non-hydrogen) atoms. The van der Waals surface area contributed by atoms with Crippen molar-refractivity contribution in [3.8, 4) is 0 Å². The van der Waals surface area contributed by atoms with Gasteiger partial charge in [-0.2, -0.15) is 0 Å². The molecule has 76 valence electrons. The Labute approximate surface area is 86.1 Å². The van der Waals surface area contributed by atoms with Crippen molar-refractivity contribution < 1.29 is 4.79 Å². The van der Waals surface area contributed by atoms with Crippen molar-refractivity contribution >= 4 is 6.29 Å². The lowest BCUT2D eigenvalue weighted by Gasteiger charge is -2.17. The van der Waals surface area contributed by atoms with Crippen molar-refractivity contribution in [3.05, 3.63) is 34.9 Å². The van der Waals surface area contributed by atoms with Gasteiger partial charge in [-0.15, -0.1) is 0 Å². The number of aldehydes is 1. The number of aryl methyl sites for hydroxylation is 2. The summed E-state index contributed by atoms with van der Waals surface area (Å²) in [4.78, 5) is 10.8. The molecule has 0 atom stereocenters. The maximum Gasteiger partial charge on any atom is 0.125 e. The molecule has 0 aliphatic heterocycles. The number of hydrogen-bond donors (Lipinski definition) is 0. The van der Waals surface area contributed by atoms with E-state index in [4.69, 9.17) is 0 Å². The molecule has 1 nitrogen and oxygen atoms in total. The van der Waals surface area contributed by atoms with E-state index in [2.05, 4.69) is 32.0 Å². The average molecular weight is 190 g/mol. The van der Waals surface area contributed by atoms with E-state index in [1.165, 1.54) is 16.7 Å². The molecule has 0 saturated carbocycles. The molecule has 1 aromatic carbocycles. The van der Waals surface area contributed by atoms with Gasteiger partial charge in [-0.3, -0.25) is 0 Å². The van der Waals surface area contributed by atoms with Crippen LogP contribution in [0.5, 0.6) is 0 Å². The molecule has 0 N–H and O–H groups in total. The molecular weight excluding hydrogens is 172 g/mol. The summed E-state index contributed by atoms with van der Waals surface area (Å²) in [7, 11) is 0. The van der Waals surface area contributed by atoms with E-state index in [0.717, 1.165) is 12.7 Å². The monoisotopic (exact) mass is 190 g/mol. The van der Waals surface area contributed by atoms with Crippen LogP contribution in [0.25, 0.3) is 0 Å². The fourth-order valence-corrected chi connectivity index (χ4v) is 1.48. The molecule has 0 heterocycles. The third kappa shape index (κ3) is 2.69. The molecule has 0 saturated heterocycles. The summed E-state index contributed by atoms with van der Waals surface area (Å²) in [6, 6.07) is 6.39. The number of hydrogen-bond acceptors (Lipinski definition) is 1. The zero-order valence-electron chi connectivity index (χ0n) is 9.42. The Bertz CT molecular complexity index is 337. The Morgan fingerprint density at radius 3 is 2.36 bits per heavy atom. The van der Waals surface area contributed by atoms with Crippen LogP contribution >= 0.6 is 0 Å². The van der Waals surface area contributed by atoms with Gasteiger partial charge in [-0.05, 0) is 37.0 Å². The summed E-state index contributed by atoms with van der Waals surface area (Å²) in [5, 5.41) is 0. The van der Waals surface area contributed by atoms with E-state index in [-0.39, 0.29) is 5.41 Å². The van der Waals surface area contributed by atoms with Crippen LogP contribution in [0.1, 0.15) is 30.5 Å². The highest BCUT2D eigenvalue weighted by molar-refractivity contribution is 5.58. The van der Waals surface area contributed by atoms with Gasteiger partial charge in [0, 0.05) is 5.41 Å². The molecule has 0 fully saturated rings. The van der Waals surface area contributed by atoms with Crippen molar-refractivity contribution in [1.82, 2.24) is 0 Å². The second-order valence-corrected chi connectivity index (χ2v) is 4.70. The molecule has 0 radical (unpaired) electrons. The lowest BCUT2D eigenvalue weighted by atomic mass is 9.86. The van der Waals surface area contributed by atoms with Gasteiger partial charge in [-0.25, -0.2) is 0 Å². The quantitative estimate of drug-likeness (QED) is 0.669. The van der Waals surface area contributed by atoms with Crippen LogP contribution < -0.4 is 0 Å². The molecule has 0 aliphatic rings. The number of carbonyl (C=O) groups is 1. The van der Waals surface area contributed by atoms with Crippen LogP contribution in [0, 0.1) is 19.3 Å². The first-order valence-corrected chi connectivity index (χ1v) is 4.97. The first-order valence-electron chi connectivity index (χ1n) is 4.97. The van der Waals surface area contributed by atoms with Gasteiger partial charge in [0.05, 0.1) is 0 Å². The smallest absolute Gasteiger partial charge is 0.125 e. The second-order valence-electron chi connectivity index (χ2n) is 4.70. The Hall–Kier alpha value is -1.11. The van der Waals surface area contributed by atoms with Crippen molar-refractivity contribution in [2.75, 3.05) is 0 Å². The molecule has 0 amide bonds. The Morgan fingerprint density at radius 1 is 1.21 bits per heavy atom. The van der Waals surface area contributed by atoms with Gasteiger partial charge in [0.1, 0.15) is 6.29 Å². The number of benzene rings is 1. The van der Waals surface area contributed by atoms with Crippen molar-refractivity contribution in [3.63, 3.8) is 0 Å². The van der Waals surface area contributed by atoms with Gasteiger partial charge in [-0.1, -0.05) is 32.0 Å². The number of carbonyl (C=O) groups excluding carboxylic acids is 1. The topological polar surface area (TPSA) is 17.1 Å². The highest BCUT2D eigenvalue weighted by atomic mass is 16.1. The number of rotatable bonds is 3. The highest BCUT2D eigenvalue weighted by Gasteiger charge is 2.16. The molecule has 1 rings (SSSR count). The lowest BCUT2D eigenvalue weighted by molar-refractivity contribution is -0.114. The maximum atomic E-state index is 10.8. The van der Waals surface area contributed by atoms with Gasteiger partial charge >= 0.3 is 0 Å². The van der Waals surface area contributed by atoms with Crippen LogP contribution in [0.15, 0.2) is 18.2 Å². The van der Waals surface area contributed by atoms with Gasteiger partial charge in [0.15, 0.2) is 0 Å². The van der Waals surface area contributed by atoms with Gasteiger partial charge < -0.3 is 4.79 Å². The zero-order valence-corrected chi connectivity index (χ0v) is 9.42. The Kier molecular flexibility index (Phi) is 3.10. The first-order chi connectivity index (χ1) is 6.44. The summed E-state index contributed by atoms with van der Waals surface area (Å²) < 4.78 is 0. The first kappa shape index (κ1) is 11.0. The largest absolute Gasteiger partial charge is 0.303 e. The SMILES string of the molecule is Cc1ccc(CC(C)(C)C=O)cc1C. The predicted molar refractivity (Wildman–Crippen MR) is 59.5 cm³/mol. The second kappa shape index (κ2) is 3.95. The van der Waals surface area contributed by atoms with E-state index >= 15 is 0 Å². The maximum absolute atomic E-state index is 10.8. The van der Waals surface area contributed by atoms with Crippen molar-refractivity contribution in [2.45, 2.75) is 34.1 Å². The minimum Gasteiger partial charge on any atom is -0.303 e. The van der Waals surface area contributed by atoms with E-state index < -0.39 is 0 Å². The standard InChI is InChI=1S/C13H18O/c1-10-5-6-12(7-11(10)2)8-13(3,4)9-14/h5-7,9H,8H2,1-4H3. The van der Waals surface area contributed by atoms with E-state index in [1.807, 2.05) is 13.8 Å². The Morgan fingerprint density at radius 2 is 1.86 bits per heavy atom. The van der Waals surface area contributed by atoms with Crippen LogP contribution in [0.2, 0.25) is 0 Å². The van der Waals surface area contributed by atoms with Crippen molar-refractivity contribution in [1.29, 1.82) is 0 Å². The normalized spacial score (nSPS) is 11.4. The van der Waals surface area contributed by atoms with Crippen molar-refractivity contribution in [2.24, 2.45) is 5.41 Å². The average Bonchev–Trinajstić information content (AvgIpc) is 2.11. The van der Waals surface area contributed by atoms with E-state index in [0.29, 0.717) is 0 Å². The van der Waals surface area contributed by atoms with Crippen LogP contribution in [-0.2, 0) is 11.2 Å². The molecule has 1 aromatic rings. The van der Waals surface area contributed by atoms with Gasteiger partial charge in [0.2, 0.25) is 0 Å². The third-order valence-corrected chi connectivity index (χ3v) is 2.55. The summed E-state index contributed by atoms with van der Waals surface area (Å²) in [6.45, 7) is 8.14. The molecule has 0 aromatic heterocycles. The summed E-state index contributed by atoms with van der Waals surface area (Å²) >= 11 is 0. The fraction of sp³-hybridized carbons (Fsp3) is 0.462. The van der Waals surface area contributed by atoms with Crippen LogP contribution in [-0.4, -0.2) is 6.29 Å². The molecule has 0 spiro atoms. The fourth-order valence-electron chi connectivity index (χ4n) is 1.48. The molecule has 0 bridgehead atoms. The summed E-state index contributed by atoms with van der Waals surface area (Å²) in [5.41, 5.74) is 3.59. The molecule has 0 aliphatic carbocycles. The predicted octanol–water partition coefficient (Wildman–Crippen LogP) is 3.07. The van der Waals surface area contributed by atoms with E-state index in [1.54, 1.807) is 0 Å². The van der Waals surface area contributed by atoms with Gasteiger partial charge in [0.25, 0.3) is 0 Å². The minimum atomic E-state index is -0.248. The molecule has 0 unspecified atom stereocenters.